The summed E-state index contributed by atoms with van der Waals surface area (Å²) in [7, 11) is 0. The summed E-state index contributed by atoms with van der Waals surface area (Å²) in [5.41, 5.74) is 1.66. The highest BCUT2D eigenvalue weighted by Crippen LogP contribution is 2.32. The van der Waals surface area contributed by atoms with Crippen LogP contribution in [0.15, 0.2) is 12.7 Å². The van der Waals surface area contributed by atoms with E-state index >= 15 is 0 Å². The van der Waals surface area contributed by atoms with Gasteiger partial charge in [-0.1, -0.05) is 19.9 Å². The summed E-state index contributed by atoms with van der Waals surface area (Å²) in [6, 6.07) is 0. The first-order chi connectivity index (χ1) is 7.38. The van der Waals surface area contributed by atoms with Crippen LogP contribution < -0.4 is 5.73 Å². The zero-order valence-electron chi connectivity index (χ0n) is 11.0. The predicted octanol–water partition coefficient (Wildman–Crippen LogP) is 1.32. The summed E-state index contributed by atoms with van der Waals surface area (Å²) >= 11 is 0. The van der Waals surface area contributed by atoms with E-state index in [0.29, 0.717) is 0 Å². The molecular formula is C12H21NO4. The average molecular weight is 243 g/mol. The maximum absolute atomic E-state index is 12.0. The Hall–Kier alpha value is -1.36. The van der Waals surface area contributed by atoms with Crippen LogP contribution in [0.2, 0.25) is 0 Å². The minimum atomic E-state index is -2.15. The monoisotopic (exact) mass is 243 g/mol. The smallest absolute Gasteiger partial charge is 0.339 e. The fourth-order valence-corrected chi connectivity index (χ4v) is 1.15. The predicted molar refractivity (Wildman–Crippen MR) is 64.4 cm³/mol. The molecule has 0 rings (SSSR count). The van der Waals surface area contributed by atoms with Gasteiger partial charge in [-0.3, -0.25) is 0 Å². The molecule has 0 heterocycles. The first-order valence-corrected chi connectivity index (χ1v) is 5.28. The van der Waals surface area contributed by atoms with Crippen molar-refractivity contribution in [2.24, 2.45) is 11.1 Å². The molecule has 0 spiro atoms. The molecule has 0 saturated carbocycles. The molecule has 0 aromatic rings. The highest BCUT2D eigenvalue weighted by molar-refractivity contribution is 6.05. The molecule has 17 heavy (non-hydrogen) atoms. The van der Waals surface area contributed by atoms with Crippen molar-refractivity contribution in [1.82, 2.24) is 0 Å². The van der Waals surface area contributed by atoms with Crippen molar-refractivity contribution in [1.29, 1.82) is 0 Å². The molecule has 98 valence electrons. The van der Waals surface area contributed by atoms with Gasteiger partial charge in [-0.05, 0) is 20.8 Å². The van der Waals surface area contributed by atoms with Crippen LogP contribution in [0.25, 0.3) is 0 Å². The molecule has 0 unspecified atom stereocenters. The van der Waals surface area contributed by atoms with Crippen molar-refractivity contribution in [2.45, 2.75) is 45.8 Å². The Morgan fingerprint density at radius 1 is 1.24 bits per heavy atom. The summed E-state index contributed by atoms with van der Waals surface area (Å²) in [4.78, 5) is 23.2. The minimum Gasteiger partial charge on any atom is -0.479 e. The van der Waals surface area contributed by atoms with Crippen LogP contribution in [-0.4, -0.2) is 28.2 Å². The molecule has 0 amide bonds. The number of carbonyl (C=O) groups is 2. The molecule has 0 aliphatic carbocycles. The van der Waals surface area contributed by atoms with Crippen LogP contribution in [0.5, 0.6) is 0 Å². The van der Waals surface area contributed by atoms with Crippen molar-refractivity contribution >= 4 is 11.9 Å². The molecule has 0 saturated heterocycles. The fourth-order valence-electron chi connectivity index (χ4n) is 1.15. The number of carboxylic acid groups (broad SMARTS) is 1. The molecule has 1 atom stereocenters. The molecule has 0 bridgehead atoms. The lowest BCUT2D eigenvalue weighted by Crippen LogP contribution is -2.65. The van der Waals surface area contributed by atoms with Gasteiger partial charge in [0, 0.05) is 5.41 Å². The van der Waals surface area contributed by atoms with Crippen LogP contribution in [0.4, 0.5) is 0 Å². The van der Waals surface area contributed by atoms with Gasteiger partial charge in [0.25, 0.3) is 0 Å². The second-order valence-electron chi connectivity index (χ2n) is 5.54. The quantitative estimate of drug-likeness (QED) is 0.441. The average Bonchev–Trinajstić information content (AvgIpc) is 2.12. The number of hydrogen-bond donors (Lipinski definition) is 2. The molecule has 0 radical (unpaired) electrons. The van der Waals surface area contributed by atoms with Crippen molar-refractivity contribution in [2.75, 3.05) is 0 Å². The molecule has 0 fully saturated rings. The number of rotatable bonds is 4. The third-order valence-electron chi connectivity index (χ3n) is 2.58. The molecule has 0 aromatic carbocycles. The van der Waals surface area contributed by atoms with Gasteiger partial charge in [-0.2, -0.15) is 0 Å². The molecule has 5 heteroatoms. The van der Waals surface area contributed by atoms with Gasteiger partial charge in [-0.15, -0.1) is 6.58 Å². The summed E-state index contributed by atoms with van der Waals surface area (Å²) in [6.07, 6.45) is 1.34. The number of esters is 1. The Labute approximate surface area is 102 Å². The van der Waals surface area contributed by atoms with E-state index in [1.54, 1.807) is 20.8 Å². The SMILES string of the molecule is C=CC(C)(C)[C@](N)(C(=O)O)C(=O)OC(C)(C)C. The molecule has 5 nitrogen and oxygen atoms in total. The normalized spacial score (nSPS) is 15.9. The molecule has 0 aliphatic heterocycles. The number of aliphatic carboxylic acids is 1. The van der Waals surface area contributed by atoms with Gasteiger partial charge >= 0.3 is 11.9 Å². The number of ether oxygens (including phenoxy) is 1. The van der Waals surface area contributed by atoms with Crippen molar-refractivity contribution in [3.05, 3.63) is 12.7 Å². The molecular weight excluding hydrogens is 222 g/mol. The Kier molecular flexibility index (Phi) is 4.13. The first-order valence-electron chi connectivity index (χ1n) is 5.28. The van der Waals surface area contributed by atoms with Crippen LogP contribution >= 0.6 is 0 Å². The van der Waals surface area contributed by atoms with E-state index < -0.39 is 28.5 Å². The van der Waals surface area contributed by atoms with Crippen molar-refractivity contribution in [3.63, 3.8) is 0 Å². The molecule has 3 N–H and O–H groups in total. The Morgan fingerprint density at radius 3 is 1.88 bits per heavy atom. The van der Waals surface area contributed by atoms with Crippen LogP contribution in [0.3, 0.4) is 0 Å². The zero-order chi connectivity index (χ0) is 14.1. The lowest BCUT2D eigenvalue weighted by atomic mass is 9.72. The van der Waals surface area contributed by atoms with Gasteiger partial charge in [0.05, 0.1) is 0 Å². The fraction of sp³-hybridized carbons (Fsp3) is 0.667. The highest BCUT2D eigenvalue weighted by atomic mass is 16.6. The van der Waals surface area contributed by atoms with Gasteiger partial charge in [0.1, 0.15) is 5.60 Å². The second-order valence-corrected chi connectivity index (χ2v) is 5.54. The summed E-state index contributed by atoms with van der Waals surface area (Å²) in [5, 5.41) is 9.19. The maximum Gasteiger partial charge on any atom is 0.339 e. The Bertz CT molecular complexity index is 341. The largest absolute Gasteiger partial charge is 0.479 e. The van der Waals surface area contributed by atoms with E-state index in [-0.39, 0.29) is 0 Å². The van der Waals surface area contributed by atoms with Gasteiger partial charge < -0.3 is 15.6 Å². The first kappa shape index (κ1) is 15.6. The zero-order valence-corrected chi connectivity index (χ0v) is 11.0. The van der Waals surface area contributed by atoms with Gasteiger partial charge in [0.2, 0.25) is 5.54 Å². The summed E-state index contributed by atoms with van der Waals surface area (Å²) in [6.45, 7) is 11.5. The van der Waals surface area contributed by atoms with E-state index in [9.17, 15) is 14.7 Å². The van der Waals surface area contributed by atoms with E-state index in [4.69, 9.17) is 10.5 Å². The van der Waals surface area contributed by atoms with Gasteiger partial charge in [-0.25, -0.2) is 9.59 Å². The minimum absolute atomic E-state index is 0.797. The van der Waals surface area contributed by atoms with Crippen molar-refractivity contribution in [3.8, 4) is 0 Å². The van der Waals surface area contributed by atoms with Crippen LogP contribution in [0.1, 0.15) is 34.6 Å². The highest BCUT2D eigenvalue weighted by Gasteiger charge is 2.55. The Balaban J connectivity index is 5.46. The number of carboxylic acids is 1. The van der Waals surface area contributed by atoms with E-state index in [1.807, 2.05) is 0 Å². The lowest BCUT2D eigenvalue weighted by Gasteiger charge is -2.37. The number of carbonyl (C=O) groups excluding carboxylic acids is 1. The Morgan fingerprint density at radius 2 is 1.65 bits per heavy atom. The third-order valence-corrected chi connectivity index (χ3v) is 2.58. The summed E-state index contributed by atoms with van der Waals surface area (Å²) < 4.78 is 5.06. The van der Waals surface area contributed by atoms with E-state index in [1.165, 1.54) is 19.9 Å². The topological polar surface area (TPSA) is 89.6 Å². The number of hydrogen-bond acceptors (Lipinski definition) is 4. The van der Waals surface area contributed by atoms with Crippen LogP contribution in [0, 0.1) is 5.41 Å². The third kappa shape index (κ3) is 3.06. The van der Waals surface area contributed by atoms with E-state index in [2.05, 4.69) is 6.58 Å². The standard InChI is InChI=1S/C12H21NO4/c1-7-11(5,6)12(13,8(14)15)9(16)17-10(2,3)4/h7H,1,13H2,2-6H3,(H,14,15)/t12-/m0/s1. The lowest BCUT2D eigenvalue weighted by molar-refractivity contribution is -0.173. The van der Waals surface area contributed by atoms with E-state index in [0.717, 1.165) is 0 Å². The number of nitrogens with two attached hydrogens (primary N) is 1. The van der Waals surface area contributed by atoms with Crippen LogP contribution in [-0.2, 0) is 14.3 Å². The van der Waals surface area contributed by atoms with Gasteiger partial charge in [0.15, 0.2) is 0 Å². The second kappa shape index (κ2) is 4.49. The molecule has 0 aromatic heterocycles. The summed E-state index contributed by atoms with van der Waals surface area (Å²) in [5.74, 6) is -2.40. The maximum atomic E-state index is 12.0. The molecule has 0 aliphatic rings. The van der Waals surface area contributed by atoms with Crippen molar-refractivity contribution < 1.29 is 19.4 Å².